The first-order valence-electron chi connectivity index (χ1n) is 9.91. The van der Waals surface area contributed by atoms with E-state index in [0.29, 0.717) is 31.1 Å². The van der Waals surface area contributed by atoms with Crippen molar-refractivity contribution in [2.75, 3.05) is 38.2 Å². The fraction of sp³-hybridized carbons (Fsp3) is 0.500. The van der Waals surface area contributed by atoms with Gasteiger partial charge >= 0.3 is 0 Å². The lowest BCUT2D eigenvalue weighted by Gasteiger charge is -2.31. The Morgan fingerprint density at radius 2 is 2.13 bits per heavy atom. The van der Waals surface area contributed by atoms with Gasteiger partial charge in [-0.15, -0.1) is 0 Å². The lowest BCUT2D eigenvalue weighted by molar-refractivity contribution is -0.0780. The lowest BCUT2D eigenvalue weighted by Crippen LogP contribution is -2.47. The second kappa shape index (κ2) is 8.54. The van der Waals surface area contributed by atoms with Crippen LogP contribution in [0.5, 0.6) is 0 Å². The van der Waals surface area contributed by atoms with Gasteiger partial charge in [-0.25, -0.2) is 22.8 Å². The summed E-state index contributed by atoms with van der Waals surface area (Å²) in [7, 11) is -3.86. The summed E-state index contributed by atoms with van der Waals surface area (Å²) >= 11 is 0. The summed E-state index contributed by atoms with van der Waals surface area (Å²) in [5.41, 5.74) is -0.321. The van der Waals surface area contributed by atoms with Crippen molar-refractivity contribution in [2.45, 2.75) is 36.4 Å². The highest BCUT2D eigenvalue weighted by Gasteiger charge is 2.45. The van der Waals surface area contributed by atoms with Crippen molar-refractivity contribution >= 4 is 16.0 Å². The van der Waals surface area contributed by atoms with Gasteiger partial charge < -0.3 is 14.8 Å². The molecule has 1 aromatic carbocycles. The molecule has 3 heterocycles. The molecule has 1 spiro atoms. The van der Waals surface area contributed by atoms with E-state index in [2.05, 4.69) is 15.3 Å². The first-order chi connectivity index (χ1) is 14.4. The molecule has 1 N–H and O–H groups in total. The van der Waals surface area contributed by atoms with E-state index in [9.17, 15) is 12.8 Å². The van der Waals surface area contributed by atoms with Crippen molar-refractivity contribution < 1.29 is 22.3 Å². The molecule has 2 saturated heterocycles. The molecule has 0 aliphatic carbocycles. The molecule has 2 aliphatic heterocycles. The van der Waals surface area contributed by atoms with Crippen LogP contribution >= 0.6 is 0 Å². The van der Waals surface area contributed by atoms with Crippen molar-refractivity contribution in [3.05, 3.63) is 48.0 Å². The third-order valence-corrected chi connectivity index (χ3v) is 7.33. The molecule has 0 amide bonds. The van der Waals surface area contributed by atoms with Crippen LogP contribution in [-0.4, -0.2) is 67.2 Å². The molecule has 10 heteroatoms. The van der Waals surface area contributed by atoms with Gasteiger partial charge in [0.1, 0.15) is 11.4 Å². The van der Waals surface area contributed by atoms with Gasteiger partial charge in [0, 0.05) is 32.0 Å². The molecule has 8 nitrogen and oxygen atoms in total. The standard InChI is InChI=1S/C20H25FN4O4S/c1-15-3-4-17(11-18(15)21)30(26,27)25-9-10-28-14-20(13-25)6-5-16(29-20)12-24-19-22-7-2-8-23-19/h2-4,7-8,11,16H,5-6,9-10,12-14H2,1H3,(H,22,23,24)/t16-,20+/m1/s1. The molecular formula is C20H25FN4O4S. The van der Waals surface area contributed by atoms with Crippen molar-refractivity contribution in [3.8, 4) is 0 Å². The highest BCUT2D eigenvalue weighted by molar-refractivity contribution is 7.89. The van der Waals surface area contributed by atoms with Crippen molar-refractivity contribution in [1.82, 2.24) is 14.3 Å². The summed E-state index contributed by atoms with van der Waals surface area (Å²) < 4.78 is 53.6. The normalized spacial score (nSPS) is 25.3. The van der Waals surface area contributed by atoms with Gasteiger partial charge in [0.15, 0.2) is 0 Å². The molecule has 2 atom stereocenters. The van der Waals surface area contributed by atoms with Crippen LogP contribution in [0.1, 0.15) is 18.4 Å². The van der Waals surface area contributed by atoms with E-state index >= 15 is 0 Å². The summed E-state index contributed by atoms with van der Waals surface area (Å²) in [5.74, 6) is -0.0204. The molecule has 2 aromatic rings. The van der Waals surface area contributed by atoms with Crippen LogP contribution in [0.2, 0.25) is 0 Å². The van der Waals surface area contributed by atoms with E-state index in [1.165, 1.54) is 16.4 Å². The monoisotopic (exact) mass is 436 g/mol. The van der Waals surface area contributed by atoms with Crippen molar-refractivity contribution in [2.24, 2.45) is 0 Å². The second-order valence-corrected chi connectivity index (χ2v) is 9.65. The fourth-order valence-corrected chi connectivity index (χ4v) is 5.33. The minimum absolute atomic E-state index is 0.0555. The zero-order valence-electron chi connectivity index (χ0n) is 16.8. The zero-order chi connectivity index (χ0) is 21.2. The number of anilines is 1. The Balaban J connectivity index is 1.46. The number of halogens is 1. The molecular weight excluding hydrogens is 411 g/mol. The number of benzene rings is 1. The van der Waals surface area contributed by atoms with E-state index in [-0.39, 0.29) is 30.7 Å². The molecule has 2 aliphatic rings. The Morgan fingerprint density at radius 3 is 2.90 bits per heavy atom. The van der Waals surface area contributed by atoms with Crippen molar-refractivity contribution in [3.63, 3.8) is 0 Å². The number of rotatable bonds is 5. The van der Waals surface area contributed by atoms with Crippen molar-refractivity contribution in [1.29, 1.82) is 0 Å². The lowest BCUT2D eigenvalue weighted by atomic mass is 10.0. The zero-order valence-corrected chi connectivity index (χ0v) is 17.6. The topological polar surface area (TPSA) is 93.7 Å². The minimum Gasteiger partial charge on any atom is -0.377 e. The molecule has 1 aromatic heterocycles. The second-order valence-electron chi connectivity index (χ2n) is 7.72. The molecule has 30 heavy (non-hydrogen) atoms. The Kier molecular flexibility index (Phi) is 6.01. The minimum atomic E-state index is -3.86. The summed E-state index contributed by atoms with van der Waals surface area (Å²) in [6.07, 6.45) is 4.63. The van der Waals surface area contributed by atoms with Crippen LogP contribution < -0.4 is 5.32 Å². The molecule has 162 valence electrons. The number of nitrogens with one attached hydrogen (secondary N) is 1. The molecule has 2 fully saturated rings. The maximum atomic E-state index is 14.0. The predicted molar refractivity (Wildman–Crippen MR) is 108 cm³/mol. The third kappa shape index (κ3) is 4.46. The van der Waals surface area contributed by atoms with E-state index in [0.717, 1.165) is 12.5 Å². The molecule has 0 bridgehead atoms. The summed E-state index contributed by atoms with van der Waals surface area (Å²) in [5, 5.41) is 3.14. The average molecular weight is 437 g/mol. The van der Waals surface area contributed by atoms with E-state index < -0.39 is 21.4 Å². The summed E-state index contributed by atoms with van der Waals surface area (Å²) in [4.78, 5) is 8.20. The van der Waals surface area contributed by atoms with Gasteiger partial charge in [-0.3, -0.25) is 0 Å². The number of aromatic nitrogens is 2. The SMILES string of the molecule is Cc1ccc(S(=O)(=O)N2CCOC[C@]3(CC[C@H](CNc4ncccn4)O3)C2)cc1F. The van der Waals surface area contributed by atoms with Crippen LogP contribution in [-0.2, 0) is 19.5 Å². The number of aryl methyl sites for hydroxylation is 1. The fourth-order valence-electron chi connectivity index (χ4n) is 3.82. The van der Waals surface area contributed by atoms with E-state index in [1.807, 2.05) is 0 Å². The highest BCUT2D eigenvalue weighted by Crippen LogP contribution is 2.34. The van der Waals surface area contributed by atoms with Gasteiger partial charge in [-0.05, 0) is 43.5 Å². The Hall–Kier alpha value is -2.14. The quantitative estimate of drug-likeness (QED) is 0.766. The smallest absolute Gasteiger partial charge is 0.243 e. The average Bonchev–Trinajstić information content (AvgIpc) is 3.01. The van der Waals surface area contributed by atoms with E-state index in [1.54, 1.807) is 25.4 Å². The maximum Gasteiger partial charge on any atom is 0.243 e. The van der Waals surface area contributed by atoms with Gasteiger partial charge in [0.05, 0.1) is 24.2 Å². The largest absolute Gasteiger partial charge is 0.377 e. The van der Waals surface area contributed by atoms with Crippen LogP contribution in [0.25, 0.3) is 0 Å². The van der Waals surface area contributed by atoms with Gasteiger partial charge in [-0.1, -0.05) is 6.07 Å². The van der Waals surface area contributed by atoms with E-state index in [4.69, 9.17) is 9.47 Å². The van der Waals surface area contributed by atoms with Crippen LogP contribution in [0.4, 0.5) is 10.3 Å². The molecule has 4 rings (SSSR count). The Bertz CT molecular complexity index is 992. The Labute approximate surface area is 175 Å². The molecule has 0 unspecified atom stereocenters. The van der Waals surface area contributed by atoms with Gasteiger partial charge in [-0.2, -0.15) is 4.31 Å². The van der Waals surface area contributed by atoms with Crippen LogP contribution in [0.3, 0.4) is 0 Å². The molecule has 0 radical (unpaired) electrons. The first-order valence-corrected chi connectivity index (χ1v) is 11.3. The number of nitrogens with zero attached hydrogens (tertiary/aromatic N) is 3. The maximum absolute atomic E-state index is 14.0. The Morgan fingerprint density at radius 1 is 1.33 bits per heavy atom. The van der Waals surface area contributed by atoms with Gasteiger partial charge in [0.2, 0.25) is 16.0 Å². The number of hydrogen-bond donors (Lipinski definition) is 1. The number of sulfonamides is 1. The summed E-state index contributed by atoms with van der Waals surface area (Å²) in [6.45, 7) is 3.06. The van der Waals surface area contributed by atoms with Gasteiger partial charge in [0.25, 0.3) is 0 Å². The summed E-state index contributed by atoms with van der Waals surface area (Å²) in [6, 6.07) is 5.73. The first kappa shape index (κ1) is 21.1. The predicted octanol–water partition coefficient (Wildman–Crippen LogP) is 1.97. The number of ether oxygens (including phenoxy) is 2. The highest BCUT2D eigenvalue weighted by atomic mass is 32.2. The number of hydrogen-bond acceptors (Lipinski definition) is 7. The van der Waals surface area contributed by atoms with Crippen LogP contribution in [0.15, 0.2) is 41.6 Å². The van der Waals surface area contributed by atoms with Crippen LogP contribution in [0, 0.1) is 12.7 Å². The third-order valence-electron chi connectivity index (χ3n) is 5.49. The molecule has 0 saturated carbocycles.